The van der Waals surface area contributed by atoms with Crippen molar-refractivity contribution in [3.05, 3.63) is 16.4 Å². The van der Waals surface area contributed by atoms with Gasteiger partial charge in [0, 0.05) is 19.0 Å². The van der Waals surface area contributed by atoms with Gasteiger partial charge < -0.3 is 9.64 Å². The number of benzene rings is 1. The second-order valence-electron chi connectivity index (χ2n) is 5.91. The fourth-order valence-electron chi connectivity index (χ4n) is 3.48. The van der Waals surface area contributed by atoms with Crippen LogP contribution in [-0.2, 0) is 0 Å². The first kappa shape index (κ1) is 15.4. The van der Waals surface area contributed by atoms with Crippen LogP contribution in [0.4, 0.5) is 10.2 Å². The van der Waals surface area contributed by atoms with Gasteiger partial charge in [-0.05, 0) is 47.5 Å². The zero-order valence-electron chi connectivity index (χ0n) is 12.8. The normalized spacial score (nSPS) is 20.7. The minimum absolute atomic E-state index is 0.343. The number of thioether (sulfide) groups is 1. The lowest BCUT2D eigenvalue weighted by Crippen LogP contribution is -2.42. The van der Waals surface area contributed by atoms with E-state index < -0.39 is 0 Å². The summed E-state index contributed by atoms with van der Waals surface area (Å²) < 4.78 is 21.0. The fourth-order valence-corrected chi connectivity index (χ4v) is 4.23. The highest BCUT2D eigenvalue weighted by Crippen LogP contribution is 2.41. The van der Waals surface area contributed by atoms with E-state index in [2.05, 4.69) is 25.8 Å². The highest BCUT2D eigenvalue weighted by molar-refractivity contribution is 9.10. The van der Waals surface area contributed by atoms with Crippen LogP contribution in [0.2, 0.25) is 0 Å². The summed E-state index contributed by atoms with van der Waals surface area (Å²) in [4.78, 5) is 11.5. The molecule has 3 heterocycles. The van der Waals surface area contributed by atoms with Gasteiger partial charge in [0.25, 0.3) is 0 Å². The maximum atomic E-state index is 14.7. The molecule has 2 aliphatic rings. The molecule has 2 aliphatic heterocycles. The molecule has 23 heavy (non-hydrogen) atoms. The summed E-state index contributed by atoms with van der Waals surface area (Å²) >= 11 is 4.72. The molecule has 122 valence electrons. The summed E-state index contributed by atoms with van der Waals surface area (Å²) in [6.07, 6.45) is 6.39. The maximum absolute atomic E-state index is 14.7. The van der Waals surface area contributed by atoms with Crippen molar-refractivity contribution in [2.45, 2.75) is 36.9 Å². The molecule has 1 atom stereocenters. The van der Waals surface area contributed by atoms with Crippen molar-refractivity contribution in [2.24, 2.45) is 0 Å². The summed E-state index contributed by atoms with van der Waals surface area (Å²) in [5.74, 6) is 1.14. The SMILES string of the molecule is CSc1nc2c3c(cc(Br)c(F)c3n1)OCCC1CCCCN21. The Hall–Kier alpha value is -1.08. The number of rotatable bonds is 1. The predicted octanol–water partition coefficient (Wildman–Crippen LogP) is 4.39. The van der Waals surface area contributed by atoms with Gasteiger partial charge in [-0.1, -0.05) is 11.8 Å². The highest BCUT2D eigenvalue weighted by atomic mass is 79.9. The van der Waals surface area contributed by atoms with Crippen LogP contribution in [0.15, 0.2) is 15.7 Å². The number of ether oxygens (including phenoxy) is 1. The largest absolute Gasteiger partial charge is 0.493 e. The van der Waals surface area contributed by atoms with Gasteiger partial charge in [0.2, 0.25) is 0 Å². The maximum Gasteiger partial charge on any atom is 0.189 e. The van der Waals surface area contributed by atoms with Gasteiger partial charge >= 0.3 is 0 Å². The molecule has 4 rings (SSSR count). The van der Waals surface area contributed by atoms with E-state index in [4.69, 9.17) is 9.72 Å². The van der Waals surface area contributed by atoms with Crippen molar-refractivity contribution in [3.8, 4) is 5.75 Å². The zero-order valence-corrected chi connectivity index (χ0v) is 15.2. The highest BCUT2D eigenvalue weighted by Gasteiger charge is 2.30. The molecule has 1 fully saturated rings. The minimum Gasteiger partial charge on any atom is -0.493 e. The molecule has 0 bridgehead atoms. The van der Waals surface area contributed by atoms with Gasteiger partial charge in [-0.3, -0.25) is 0 Å². The lowest BCUT2D eigenvalue weighted by atomic mass is 9.98. The van der Waals surface area contributed by atoms with Crippen molar-refractivity contribution in [1.82, 2.24) is 9.97 Å². The van der Waals surface area contributed by atoms with Crippen LogP contribution in [0.5, 0.6) is 5.75 Å². The monoisotopic (exact) mass is 397 g/mol. The first-order valence-electron chi connectivity index (χ1n) is 7.82. The number of nitrogens with zero attached hydrogens (tertiary/aromatic N) is 3. The Kier molecular flexibility index (Phi) is 4.09. The van der Waals surface area contributed by atoms with E-state index in [0.717, 1.165) is 31.6 Å². The molecular formula is C16H17BrFN3OS. The third kappa shape index (κ3) is 2.58. The molecule has 1 unspecified atom stereocenters. The lowest BCUT2D eigenvalue weighted by molar-refractivity contribution is 0.280. The molecule has 7 heteroatoms. The molecule has 0 N–H and O–H groups in total. The summed E-state index contributed by atoms with van der Waals surface area (Å²) in [5, 5.41) is 1.30. The molecule has 0 radical (unpaired) electrons. The van der Waals surface area contributed by atoms with E-state index >= 15 is 0 Å². The number of halogens is 2. The minimum atomic E-state index is -0.347. The van der Waals surface area contributed by atoms with Gasteiger partial charge in [-0.15, -0.1) is 0 Å². The molecule has 4 nitrogen and oxygen atoms in total. The zero-order chi connectivity index (χ0) is 16.0. The van der Waals surface area contributed by atoms with Gasteiger partial charge in [-0.25, -0.2) is 14.4 Å². The van der Waals surface area contributed by atoms with Crippen molar-refractivity contribution in [2.75, 3.05) is 24.3 Å². The smallest absolute Gasteiger partial charge is 0.189 e. The van der Waals surface area contributed by atoms with E-state index in [1.165, 1.54) is 18.2 Å². The van der Waals surface area contributed by atoms with E-state index in [-0.39, 0.29) is 5.82 Å². The Bertz CT molecular complexity index is 773. The van der Waals surface area contributed by atoms with Crippen molar-refractivity contribution in [3.63, 3.8) is 0 Å². The van der Waals surface area contributed by atoms with Crippen molar-refractivity contribution >= 4 is 44.4 Å². The molecular weight excluding hydrogens is 381 g/mol. The number of hydrogen-bond acceptors (Lipinski definition) is 5. The molecule has 0 spiro atoms. The van der Waals surface area contributed by atoms with Crippen LogP contribution in [0.3, 0.4) is 0 Å². The molecule has 1 aromatic heterocycles. The number of fused-ring (bicyclic) bond motifs is 2. The Morgan fingerprint density at radius 2 is 2.22 bits per heavy atom. The van der Waals surface area contributed by atoms with Crippen LogP contribution in [-0.4, -0.2) is 35.4 Å². The topological polar surface area (TPSA) is 38.3 Å². The number of piperidine rings is 1. The van der Waals surface area contributed by atoms with E-state index in [1.807, 2.05) is 6.26 Å². The third-order valence-corrected chi connectivity index (χ3v) is 5.71. The van der Waals surface area contributed by atoms with Crippen molar-refractivity contribution in [1.29, 1.82) is 0 Å². The summed E-state index contributed by atoms with van der Waals surface area (Å²) in [6, 6.07) is 2.12. The summed E-state index contributed by atoms with van der Waals surface area (Å²) in [5.41, 5.74) is 0.343. The molecule has 0 aliphatic carbocycles. The first-order valence-corrected chi connectivity index (χ1v) is 9.84. The summed E-state index contributed by atoms with van der Waals surface area (Å²) in [6.45, 7) is 1.60. The third-order valence-electron chi connectivity index (χ3n) is 4.58. The van der Waals surface area contributed by atoms with Crippen LogP contribution < -0.4 is 9.64 Å². The molecule has 1 aromatic carbocycles. The molecule has 0 saturated carbocycles. The average Bonchev–Trinajstić information content (AvgIpc) is 2.57. The Balaban J connectivity index is 2.04. The van der Waals surface area contributed by atoms with E-state index in [9.17, 15) is 4.39 Å². The lowest BCUT2D eigenvalue weighted by Gasteiger charge is -2.38. The van der Waals surface area contributed by atoms with Gasteiger partial charge in [0.15, 0.2) is 11.0 Å². The quantitative estimate of drug-likeness (QED) is 0.526. The van der Waals surface area contributed by atoms with Gasteiger partial charge in [0.1, 0.15) is 17.1 Å². The van der Waals surface area contributed by atoms with Crippen LogP contribution in [0.25, 0.3) is 10.9 Å². The van der Waals surface area contributed by atoms with Crippen LogP contribution >= 0.6 is 27.7 Å². The first-order chi connectivity index (χ1) is 11.2. The van der Waals surface area contributed by atoms with Gasteiger partial charge in [-0.2, -0.15) is 0 Å². The van der Waals surface area contributed by atoms with Crippen LogP contribution in [0.1, 0.15) is 25.7 Å². The number of hydrogen-bond donors (Lipinski definition) is 0. The Labute approximate surface area is 146 Å². The molecule has 1 saturated heterocycles. The fraction of sp³-hybridized carbons (Fsp3) is 0.500. The molecule has 2 aromatic rings. The number of aromatic nitrogens is 2. The second kappa shape index (κ2) is 6.09. The van der Waals surface area contributed by atoms with Crippen LogP contribution in [0, 0.1) is 5.82 Å². The Morgan fingerprint density at radius 3 is 3.04 bits per heavy atom. The van der Waals surface area contributed by atoms with Gasteiger partial charge in [0.05, 0.1) is 16.5 Å². The predicted molar refractivity (Wildman–Crippen MR) is 94.1 cm³/mol. The Morgan fingerprint density at radius 1 is 1.35 bits per heavy atom. The average molecular weight is 398 g/mol. The summed E-state index contributed by atoms with van der Waals surface area (Å²) in [7, 11) is 0. The second-order valence-corrected chi connectivity index (χ2v) is 7.54. The van der Waals surface area contributed by atoms with Crippen molar-refractivity contribution < 1.29 is 9.13 Å². The standard InChI is InChI=1S/C16H17BrFN3OS/c1-23-16-19-14-12-11(8-10(17)13(14)18)22-7-5-9-4-2-3-6-21(9)15(12)20-16/h8-9H,2-7H2,1H3. The van der Waals surface area contributed by atoms with E-state index in [0.29, 0.717) is 38.9 Å². The number of anilines is 1. The van der Waals surface area contributed by atoms with E-state index in [1.54, 1.807) is 6.07 Å². The molecule has 0 amide bonds.